The molecule has 3 nitrogen and oxygen atoms in total. The van der Waals surface area contributed by atoms with E-state index < -0.39 is 0 Å². The summed E-state index contributed by atoms with van der Waals surface area (Å²) in [4.78, 5) is 5.13. The highest BCUT2D eigenvalue weighted by Crippen LogP contribution is 2.25. The number of hydrogen-bond donors (Lipinski definition) is 2. The van der Waals surface area contributed by atoms with Gasteiger partial charge in [0.05, 0.1) is 12.6 Å². The van der Waals surface area contributed by atoms with E-state index in [1.165, 1.54) is 0 Å². The third-order valence-corrected chi connectivity index (χ3v) is 2.09. The average molecular weight is 195 g/mol. The molecule has 0 aromatic heterocycles. The third kappa shape index (κ3) is 2.72. The van der Waals surface area contributed by atoms with E-state index >= 15 is 0 Å². The monoisotopic (exact) mass is 195 g/mol. The van der Waals surface area contributed by atoms with Crippen molar-refractivity contribution >= 4 is 0 Å². The zero-order valence-electron chi connectivity index (χ0n) is 8.66. The summed E-state index contributed by atoms with van der Waals surface area (Å²) < 4.78 is 0. The number of hydrogen-bond acceptors (Lipinski definition) is 3. The van der Waals surface area contributed by atoms with Crippen LogP contribution in [-0.4, -0.2) is 11.7 Å². The van der Waals surface area contributed by atoms with Crippen LogP contribution in [0.15, 0.2) is 24.3 Å². The van der Waals surface area contributed by atoms with Gasteiger partial charge in [0.2, 0.25) is 0 Å². The van der Waals surface area contributed by atoms with Gasteiger partial charge in [-0.2, -0.15) is 5.48 Å². The summed E-state index contributed by atoms with van der Waals surface area (Å²) in [6, 6.07) is 7.36. The van der Waals surface area contributed by atoms with Crippen LogP contribution >= 0.6 is 0 Å². The molecule has 1 unspecified atom stereocenters. The van der Waals surface area contributed by atoms with Gasteiger partial charge in [-0.1, -0.05) is 25.1 Å². The highest BCUT2D eigenvalue weighted by molar-refractivity contribution is 5.34. The van der Waals surface area contributed by atoms with Crippen LogP contribution in [0.4, 0.5) is 0 Å². The molecule has 1 aromatic rings. The van der Waals surface area contributed by atoms with Crippen LogP contribution in [0, 0.1) is 0 Å². The Balaban J connectivity index is 2.73. The minimum absolute atomic E-state index is 0.0520. The molecule has 0 aliphatic heterocycles. The Labute approximate surface area is 84.7 Å². The number of para-hydroxylation sites is 1. The quantitative estimate of drug-likeness (QED) is 0.709. The van der Waals surface area contributed by atoms with E-state index in [0.29, 0.717) is 12.4 Å². The molecule has 0 saturated heterocycles. The fourth-order valence-corrected chi connectivity index (χ4v) is 1.33. The van der Waals surface area contributed by atoms with E-state index in [1.54, 1.807) is 6.07 Å². The molecule has 1 aromatic carbocycles. The van der Waals surface area contributed by atoms with Gasteiger partial charge in [0, 0.05) is 5.56 Å². The Hall–Kier alpha value is -1.06. The SMILES string of the molecule is CCONC(CC)c1ccccc1O. The first-order valence-corrected chi connectivity index (χ1v) is 4.94. The lowest BCUT2D eigenvalue weighted by atomic mass is 10.0. The van der Waals surface area contributed by atoms with Crippen molar-refractivity contribution in [3.63, 3.8) is 0 Å². The zero-order valence-corrected chi connectivity index (χ0v) is 8.66. The lowest BCUT2D eigenvalue weighted by molar-refractivity contribution is 0.0225. The predicted molar refractivity (Wildman–Crippen MR) is 55.9 cm³/mol. The molecule has 0 heterocycles. The topological polar surface area (TPSA) is 41.5 Å². The van der Waals surface area contributed by atoms with E-state index in [-0.39, 0.29) is 6.04 Å². The minimum atomic E-state index is 0.0520. The number of rotatable bonds is 5. The first kappa shape index (κ1) is 11.0. The molecule has 0 amide bonds. The maximum absolute atomic E-state index is 9.62. The lowest BCUT2D eigenvalue weighted by Gasteiger charge is -2.17. The van der Waals surface area contributed by atoms with E-state index in [2.05, 4.69) is 5.48 Å². The smallest absolute Gasteiger partial charge is 0.120 e. The molecule has 78 valence electrons. The second-order valence-corrected chi connectivity index (χ2v) is 3.07. The van der Waals surface area contributed by atoms with Crippen LogP contribution in [0.2, 0.25) is 0 Å². The van der Waals surface area contributed by atoms with Gasteiger partial charge in [0.15, 0.2) is 0 Å². The number of aromatic hydroxyl groups is 1. The van der Waals surface area contributed by atoms with E-state index in [9.17, 15) is 5.11 Å². The van der Waals surface area contributed by atoms with Gasteiger partial charge in [-0.05, 0) is 19.4 Å². The summed E-state index contributed by atoms with van der Waals surface area (Å²) in [6.45, 7) is 4.58. The Morgan fingerprint density at radius 1 is 1.36 bits per heavy atom. The molecular weight excluding hydrogens is 178 g/mol. The van der Waals surface area contributed by atoms with Gasteiger partial charge < -0.3 is 9.94 Å². The normalized spacial score (nSPS) is 12.7. The molecule has 0 saturated carbocycles. The summed E-state index contributed by atoms with van der Waals surface area (Å²) in [6.07, 6.45) is 0.873. The van der Waals surface area contributed by atoms with Gasteiger partial charge in [-0.15, -0.1) is 0 Å². The van der Waals surface area contributed by atoms with Crippen molar-refractivity contribution < 1.29 is 9.94 Å². The van der Waals surface area contributed by atoms with Crippen molar-refractivity contribution in [2.24, 2.45) is 0 Å². The second kappa shape index (κ2) is 5.62. The van der Waals surface area contributed by atoms with Crippen molar-refractivity contribution in [1.29, 1.82) is 0 Å². The second-order valence-electron chi connectivity index (χ2n) is 3.07. The molecule has 0 aliphatic carbocycles. The molecule has 0 fully saturated rings. The largest absolute Gasteiger partial charge is 0.508 e. The molecule has 0 bridgehead atoms. The van der Waals surface area contributed by atoms with Crippen LogP contribution in [0.1, 0.15) is 31.9 Å². The minimum Gasteiger partial charge on any atom is -0.508 e. The molecular formula is C11H17NO2. The number of phenolic OH excluding ortho intramolecular Hbond substituents is 1. The number of hydroxylamine groups is 1. The summed E-state index contributed by atoms with van der Waals surface area (Å²) in [7, 11) is 0. The Morgan fingerprint density at radius 2 is 2.07 bits per heavy atom. The fraction of sp³-hybridized carbons (Fsp3) is 0.455. The molecule has 3 heteroatoms. The first-order valence-electron chi connectivity index (χ1n) is 4.94. The molecule has 1 atom stereocenters. The molecule has 2 N–H and O–H groups in total. The Kier molecular flexibility index (Phi) is 4.43. The van der Waals surface area contributed by atoms with Gasteiger partial charge in [0.1, 0.15) is 5.75 Å². The first-order chi connectivity index (χ1) is 6.79. The molecule has 14 heavy (non-hydrogen) atoms. The maximum atomic E-state index is 9.62. The van der Waals surface area contributed by atoms with Crippen molar-refractivity contribution in [2.75, 3.05) is 6.61 Å². The van der Waals surface area contributed by atoms with E-state index in [1.807, 2.05) is 32.0 Å². The van der Waals surface area contributed by atoms with Crippen molar-refractivity contribution in [2.45, 2.75) is 26.3 Å². The highest BCUT2D eigenvalue weighted by Gasteiger charge is 2.11. The zero-order chi connectivity index (χ0) is 10.4. The summed E-state index contributed by atoms with van der Waals surface area (Å²) in [5, 5.41) is 9.62. The fourth-order valence-electron chi connectivity index (χ4n) is 1.33. The van der Waals surface area contributed by atoms with Crippen LogP contribution in [-0.2, 0) is 4.84 Å². The van der Waals surface area contributed by atoms with Crippen LogP contribution in [0.5, 0.6) is 5.75 Å². The summed E-state index contributed by atoms with van der Waals surface area (Å²) >= 11 is 0. The predicted octanol–water partition coefficient (Wildman–Crippen LogP) is 2.38. The van der Waals surface area contributed by atoms with Crippen LogP contribution in [0.3, 0.4) is 0 Å². The molecule has 0 aliphatic rings. The van der Waals surface area contributed by atoms with Crippen molar-refractivity contribution in [3.05, 3.63) is 29.8 Å². The highest BCUT2D eigenvalue weighted by atomic mass is 16.6. The molecule has 0 radical (unpaired) electrons. The summed E-state index contributed by atoms with van der Waals surface area (Å²) in [5.74, 6) is 0.312. The van der Waals surface area contributed by atoms with Gasteiger partial charge in [-0.25, -0.2) is 0 Å². The van der Waals surface area contributed by atoms with Crippen molar-refractivity contribution in [3.8, 4) is 5.75 Å². The standard InChI is InChI=1S/C11H17NO2/c1-3-10(12-14-4-2)9-7-5-6-8-11(9)13/h5-8,10,12-13H,3-4H2,1-2H3. The maximum Gasteiger partial charge on any atom is 0.120 e. The average Bonchev–Trinajstić information content (AvgIpc) is 2.21. The number of nitrogens with one attached hydrogen (secondary N) is 1. The van der Waals surface area contributed by atoms with Crippen LogP contribution < -0.4 is 5.48 Å². The number of phenols is 1. The van der Waals surface area contributed by atoms with Gasteiger partial charge in [0.25, 0.3) is 0 Å². The van der Waals surface area contributed by atoms with Gasteiger partial charge in [-0.3, -0.25) is 0 Å². The van der Waals surface area contributed by atoms with Gasteiger partial charge >= 0.3 is 0 Å². The Bertz CT molecular complexity index is 276. The number of benzene rings is 1. The lowest BCUT2D eigenvalue weighted by Crippen LogP contribution is -2.21. The third-order valence-electron chi connectivity index (χ3n) is 2.09. The summed E-state index contributed by atoms with van der Waals surface area (Å²) in [5.41, 5.74) is 3.79. The van der Waals surface area contributed by atoms with Crippen LogP contribution in [0.25, 0.3) is 0 Å². The van der Waals surface area contributed by atoms with Crippen molar-refractivity contribution in [1.82, 2.24) is 5.48 Å². The Morgan fingerprint density at radius 3 is 2.64 bits per heavy atom. The molecule has 1 rings (SSSR count). The van der Waals surface area contributed by atoms with E-state index in [4.69, 9.17) is 4.84 Å². The van der Waals surface area contributed by atoms with E-state index in [0.717, 1.165) is 12.0 Å². The molecule has 0 spiro atoms.